The van der Waals surface area contributed by atoms with Crippen LogP contribution in [0.5, 0.6) is 0 Å². The predicted molar refractivity (Wildman–Crippen MR) is 302 cm³/mol. The van der Waals surface area contributed by atoms with Crippen LogP contribution in [0, 0.1) is 0 Å². The second-order valence-corrected chi connectivity index (χ2v) is 32.1. The van der Waals surface area contributed by atoms with Gasteiger partial charge < -0.3 is 0 Å². The van der Waals surface area contributed by atoms with Crippen molar-refractivity contribution in [1.29, 1.82) is 0 Å². The molecule has 0 unspecified atom stereocenters. The Bertz CT molecular complexity index is 659. The Morgan fingerprint density at radius 3 is 0.339 bits per heavy atom. The van der Waals surface area contributed by atoms with Crippen LogP contribution in [-0.4, -0.2) is 49.3 Å². The van der Waals surface area contributed by atoms with Gasteiger partial charge in [0.15, 0.2) is 0 Å². The third-order valence-corrected chi connectivity index (χ3v) is 27.3. The van der Waals surface area contributed by atoms with Gasteiger partial charge in [-0.2, -0.15) is 0 Å². The molecular weight excluding hydrogens is 783 g/mol. The van der Waals surface area contributed by atoms with Crippen molar-refractivity contribution in [1.82, 2.24) is 0 Å². The van der Waals surface area contributed by atoms with Crippen molar-refractivity contribution >= 4 is 14.5 Å². The zero-order chi connectivity index (χ0) is 45.2. The first-order valence-corrected chi connectivity index (χ1v) is 36.2. The van der Waals surface area contributed by atoms with Gasteiger partial charge in [-0.05, 0) is 0 Å². The molecule has 0 aromatic rings. The van der Waals surface area contributed by atoms with Crippen LogP contribution in [-0.2, 0) is 0 Å². The fourth-order valence-electron chi connectivity index (χ4n) is 11.6. The summed E-state index contributed by atoms with van der Waals surface area (Å²) in [6, 6.07) is 0. The maximum absolute atomic E-state index is 2.37. The predicted octanol–water partition coefficient (Wildman–Crippen LogP) is 22.6. The van der Waals surface area contributed by atoms with E-state index in [9.17, 15) is 0 Å². The summed E-state index contributed by atoms with van der Waals surface area (Å²) in [6.07, 6.45) is 82.5. The molecule has 0 saturated heterocycles. The molecule has 0 aliphatic heterocycles. The van der Waals surface area contributed by atoms with Gasteiger partial charge in [-0.1, -0.05) is 0 Å². The molecule has 0 atom stereocenters. The number of hydrogen-bond acceptors (Lipinski definition) is 0. The van der Waals surface area contributed by atoms with Gasteiger partial charge in [-0.3, -0.25) is 0 Å². The van der Waals surface area contributed by atoms with E-state index in [2.05, 4.69) is 41.5 Å². The van der Waals surface area contributed by atoms with E-state index in [0.29, 0.717) is 0 Å². The first-order valence-electron chi connectivity index (χ1n) is 30.6. The molecule has 2 heteroatoms. The summed E-state index contributed by atoms with van der Waals surface area (Å²) in [4.78, 5) is 0. The van der Waals surface area contributed by atoms with Crippen LogP contribution >= 0.6 is 14.5 Å². The first kappa shape index (κ1) is 62.9. The SMILES string of the molecule is CCCCCCCC[PH](CCCCCCCC)(CCCCCCCC)CCCCCCCCCCCC[PH](CCCCCCCC)(CCCCCCCC)CCCCCCCC. The monoisotopic (exact) mass is 911 g/mol. The molecule has 0 saturated carbocycles. The average molecular weight is 912 g/mol. The Morgan fingerprint density at radius 2 is 0.226 bits per heavy atom. The molecule has 0 N–H and O–H groups in total. The molecule has 0 bridgehead atoms. The summed E-state index contributed by atoms with van der Waals surface area (Å²) in [5, 5.41) is 0. The molecule has 0 rings (SSSR count). The van der Waals surface area contributed by atoms with E-state index in [1.54, 1.807) is 114 Å². The Labute approximate surface area is 398 Å². The molecule has 0 aromatic carbocycles. The fraction of sp³-hybridized carbons (Fsp3) is 1.00. The van der Waals surface area contributed by atoms with Crippen LogP contribution in [0.4, 0.5) is 0 Å². The van der Waals surface area contributed by atoms with Crippen molar-refractivity contribution in [2.24, 2.45) is 0 Å². The van der Waals surface area contributed by atoms with E-state index in [-0.39, 0.29) is 0 Å². The van der Waals surface area contributed by atoms with E-state index in [0.717, 1.165) is 0 Å². The summed E-state index contributed by atoms with van der Waals surface area (Å²) in [5.41, 5.74) is 0. The Kier molecular flexibility index (Phi) is 52.0. The van der Waals surface area contributed by atoms with Crippen LogP contribution in [0.25, 0.3) is 0 Å². The molecule has 0 spiro atoms. The Hall–Kier alpha value is 0.860. The molecule has 0 radical (unpaired) electrons. The van der Waals surface area contributed by atoms with Gasteiger partial charge in [0, 0.05) is 0 Å². The topological polar surface area (TPSA) is 0 Å². The first-order chi connectivity index (χ1) is 30.6. The third-order valence-electron chi connectivity index (χ3n) is 16.0. The summed E-state index contributed by atoms with van der Waals surface area (Å²) in [5.74, 6) is 0. The molecule has 378 valence electrons. The number of hydrogen-bond donors (Lipinski definition) is 0. The summed E-state index contributed by atoms with van der Waals surface area (Å²) >= 11 is 0. The zero-order valence-corrected chi connectivity index (χ0v) is 47.2. The quantitative estimate of drug-likeness (QED) is 0.0421. The minimum absolute atomic E-state index is 1.15. The molecule has 0 heterocycles. The molecule has 0 nitrogen and oxygen atoms in total. The second-order valence-electron chi connectivity index (χ2n) is 22.1. The van der Waals surface area contributed by atoms with Crippen molar-refractivity contribution in [2.75, 3.05) is 49.3 Å². The van der Waals surface area contributed by atoms with Gasteiger partial charge >= 0.3 is 401 Å². The van der Waals surface area contributed by atoms with Crippen molar-refractivity contribution in [2.45, 2.75) is 337 Å². The van der Waals surface area contributed by atoms with Crippen molar-refractivity contribution in [3.8, 4) is 0 Å². The third kappa shape index (κ3) is 42.2. The van der Waals surface area contributed by atoms with Crippen LogP contribution in [0.1, 0.15) is 337 Å². The van der Waals surface area contributed by atoms with Crippen LogP contribution < -0.4 is 0 Å². The number of rotatable bonds is 55. The molecule has 0 fully saturated rings. The maximum atomic E-state index is 2.37. The van der Waals surface area contributed by atoms with Crippen molar-refractivity contribution in [3.63, 3.8) is 0 Å². The Balaban J connectivity index is 4.99. The van der Waals surface area contributed by atoms with Gasteiger partial charge in [0.25, 0.3) is 0 Å². The summed E-state index contributed by atoms with van der Waals surface area (Å²) in [6.45, 7) is 14.2. The molecule has 0 aliphatic carbocycles. The van der Waals surface area contributed by atoms with E-state index in [1.165, 1.54) is 231 Å². The molecule has 0 amide bonds. The molecule has 0 aromatic heterocycles. The normalized spacial score (nSPS) is 12.8. The second kappa shape index (κ2) is 51.3. The molecule has 0 aliphatic rings. The van der Waals surface area contributed by atoms with E-state index in [1.807, 2.05) is 0 Å². The average Bonchev–Trinajstić information content (AvgIpc) is 3.28. The van der Waals surface area contributed by atoms with Crippen molar-refractivity contribution in [3.05, 3.63) is 0 Å². The van der Waals surface area contributed by atoms with E-state index >= 15 is 0 Å². The standard InChI is InChI=1S/C60H128P2/c1-7-13-19-25-37-45-53-61(54-46-38-26-20-14-8-2,55-47-39-27-21-15-9-3)59-51-43-35-33-31-32-34-36-44-52-60-62(56-48-40-28-22-16-10-4,57-49-41-29-23-17-11-5)58-50-42-30-24-18-12-6/h61-62H,7-60H2,1-6H3. The summed E-state index contributed by atoms with van der Waals surface area (Å²) < 4.78 is 0. The van der Waals surface area contributed by atoms with Crippen LogP contribution in [0.2, 0.25) is 0 Å². The molecular formula is C60H128P2. The van der Waals surface area contributed by atoms with Crippen molar-refractivity contribution < 1.29 is 0 Å². The van der Waals surface area contributed by atoms with E-state index < -0.39 is 14.5 Å². The minimum atomic E-state index is -1.15. The van der Waals surface area contributed by atoms with Gasteiger partial charge in [0.05, 0.1) is 0 Å². The molecule has 62 heavy (non-hydrogen) atoms. The van der Waals surface area contributed by atoms with Gasteiger partial charge in [-0.25, -0.2) is 0 Å². The number of unbranched alkanes of at least 4 members (excludes halogenated alkanes) is 39. The van der Waals surface area contributed by atoms with E-state index in [4.69, 9.17) is 0 Å². The van der Waals surface area contributed by atoms with Crippen LogP contribution in [0.15, 0.2) is 0 Å². The Morgan fingerprint density at radius 1 is 0.129 bits per heavy atom. The van der Waals surface area contributed by atoms with Gasteiger partial charge in [0.2, 0.25) is 0 Å². The fourth-order valence-corrected chi connectivity index (χ4v) is 22.6. The van der Waals surface area contributed by atoms with Crippen LogP contribution in [0.3, 0.4) is 0 Å². The zero-order valence-electron chi connectivity index (χ0n) is 45.2. The summed E-state index contributed by atoms with van der Waals surface area (Å²) in [7, 11) is -2.30. The van der Waals surface area contributed by atoms with Gasteiger partial charge in [0.1, 0.15) is 0 Å². The van der Waals surface area contributed by atoms with Gasteiger partial charge in [-0.15, -0.1) is 0 Å².